The lowest BCUT2D eigenvalue weighted by molar-refractivity contribution is -0.189. The number of carbonyl (C=O) groups is 6. The third-order valence-corrected chi connectivity index (χ3v) is 10.5. The monoisotopic (exact) mass is 786 g/mol. The van der Waals surface area contributed by atoms with E-state index in [-0.39, 0.29) is 38.5 Å². The van der Waals surface area contributed by atoms with Gasteiger partial charge in [-0.05, 0) is 12.8 Å². The second-order valence-electron chi connectivity index (χ2n) is 15.1. The maximum absolute atomic E-state index is 13.2. The first-order valence-electron chi connectivity index (χ1n) is 20.5. The maximum Gasteiger partial charge on any atom is 0.351 e. The molecule has 2 rings (SSSR count). The predicted octanol–water partition coefficient (Wildman–Crippen LogP) is 5.43. The molecule has 0 saturated carbocycles. The van der Waals surface area contributed by atoms with Gasteiger partial charge in [0.2, 0.25) is 11.2 Å². The molecule has 0 radical (unpaired) electrons. The second kappa shape index (κ2) is 25.8. The standard InChI is InChI=1S/C40H66O15/c1-3-5-7-9-11-13-15-17-19-31(35(45)46)39(23-21-33(43)54-39)37(49)52-27-29(41)25-51-26-30(42)28-53-38(50)40(24-22-34(44)55-40)32(36(47)48)20-18-16-14-12-10-8-6-4-2/h29-32,41-42H,3-28H2,1-2H3,(H,45,46)(H,47,48)/t29?,30?,31-,32-,39+,40+/m1/s1. The quantitative estimate of drug-likeness (QED) is 0.0379. The SMILES string of the molecule is CCCCCCCCCC[C@H](C(=O)O)[C@]1(C(=O)OCC(O)COCC(O)COC(=O)[C@@]2([C@H](CCCCCCCCCC)C(=O)O)CCC(=O)O2)CCC(=O)O1. The maximum atomic E-state index is 13.2. The molecule has 2 unspecified atom stereocenters. The summed E-state index contributed by atoms with van der Waals surface area (Å²) in [6, 6.07) is 0. The van der Waals surface area contributed by atoms with Crippen LogP contribution < -0.4 is 0 Å². The van der Waals surface area contributed by atoms with Gasteiger partial charge in [-0.25, -0.2) is 9.59 Å². The molecule has 0 bridgehead atoms. The molecule has 4 N–H and O–H groups in total. The minimum absolute atomic E-state index is 0.112. The molecule has 0 aromatic rings. The lowest BCUT2D eigenvalue weighted by Crippen LogP contribution is -2.51. The van der Waals surface area contributed by atoms with Crippen molar-refractivity contribution in [2.75, 3.05) is 26.4 Å². The van der Waals surface area contributed by atoms with E-state index >= 15 is 0 Å². The Hall–Kier alpha value is -3.30. The van der Waals surface area contributed by atoms with Crippen LogP contribution in [-0.2, 0) is 52.5 Å². The molecule has 316 valence electrons. The number of hydrogen-bond donors (Lipinski definition) is 4. The normalized spacial score (nSPS) is 21.7. The van der Waals surface area contributed by atoms with Crippen LogP contribution in [0.5, 0.6) is 0 Å². The molecule has 2 saturated heterocycles. The lowest BCUT2D eigenvalue weighted by atomic mass is 9.81. The number of rotatable bonds is 32. The molecule has 0 spiro atoms. The number of carbonyl (C=O) groups excluding carboxylic acids is 4. The summed E-state index contributed by atoms with van der Waals surface area (Å²) in [5, 5.41) is 40.8. The Labute approximate surface area is 325 Å². The van der Waals surface area contributed by atoms with Crippen molar-refractivity contribution in [2.45, 2.75) is 179 Å². The van der Waals surface area contributed by atoms with Gasteiger partial charge in [-0.3, -0.25) is 19.2 Å². The van der Waals surface area contributed by atoms with Gasteiger partial charge in [-0.15, -0.1) is 0 Å². The summed E-state index contributed by atoms with van der Waals surface area (Å²) in [4.78, 5) is 75.2. The summed E-state index contributed by atoms with van der Waals surface area (Å²) in [5.41, 5.74) is -4.02. The number of aliphatic hydroxyl groups is 2. The van der Waals surface area contributed by atoms with E-state index in [1.807, 2.05) is 0 Å². The first kappa shape index (κ1) is 47.9. The highest BCUT2D eigenvalue weighted by molar-refractivity contribution is 5.93. The van der Waals surface area contributed by atoms with Crippen LogP contribution in [-0.4, -0.2) is 106 Å². The van der Waals surface area contributed by atoms with Gasteiger partial charge in [-0.2, -0.15) is 0 Å². The summed E-state index contributed by atoms with van der Waals surface area (Å²) in [5.74, 6) is -8.77. The number of ether oxygens (including phenoxy) is 5. The number of aliphatic hydroxyl groups excluding tert-OH is 2. The molecule has 2 aliphatic heterocycles. The Balaban J connectivity index is 1.83. The zero-order valence-corrected chi connectivity index (χ0v) is 33.0. The van der Waals surface area contributed by atoms with Crippen molar-refractivity contribution in [3.8, 4) is 0 Å². The van der Waals surface area contributed by atoms with E-state index in [9.17, 15) is 49.2 Å². The van der Waals surface area contributed by atoms with Crippen molar-refractivity contribution in [3.05, 3.63) is 0 Å². The first-order chi connectivity index (χ1) is 26.3. The van der Waals surface area contributed by atoms with E-state index in [1.165, 1.54) is 12.8 Å². The van der Waals surface area contributed by atoms with Gasteiger partial charge in [0.05, 0.1) is 13.2 Å². The highest BCUT2D eigenvalue weighted by Crippen LogP contribution is 2.40. The predicted molar refractivity (Wildman–Crippen MR) is 198 cm³/mol. The van der Waals surface area contributed by atoms with E-state index < -0.39 is 97.5 Å². The molecule has 15 nitrogen and oxygen atoms in total. The Kier molecular flexibility index (Phi) is 22.4. The van der Waals surface area contributed by atoms with Gasteiger partial charge in [0, 0.05) is 25.7 Å². The number of unbranched alkanes of at least 4 members (excludes halogenated alkanes) is 14. The van der Waals surface area contributed by atoms with Crippen molar-refractivity contribution in [2.24, 2.45) is 11.8 Å². The Morgan fingerprint density at radius 2 is 0.891 bits per heavy atom. The molecule has 0 aromatic carbocycles. The molecule has 0 amide bonds. The lowest BCUT2D eigenvalue weighted by Gasteiger charge is -2.31. The van der Waals surface area contributed by atoms with Crippen molar-refractivity contribution in [1.82, 2.24) is 0 Å². The molecule has 0 aromatic heterocycles. The molecule has 0 aliphatic carbocycles. The van der Waals surface area contributed by atoms with Gasteiger partial charge < -0.3 is 44.1 Å². The van der Waals surface area contributed by atoms with Crippen LogP contribution in [0.4, 0.5) is 0 Å². The zero-order chi connectivity index (χ0) is 40.7. The molecule has 2 heterocycles. The van der Waals surface area contributed by atoms with Crippen LogP contribution in [0, 0.1) is 11.8 Å². The molecular formula is C40H66O15. The molecular weight excluding hydrogens is 720 g/mol. The van der Waals surface area contributed by atoms with E-state index in [0.29, 0.717) is 12.8 Å². The number of carboxylic acid groups (broad SMARTS) is 2. The van der Waals surface area contributed by atoms with Crippen LogP contribution in [0.15, 0.2) is 0 Å². The number of esters is 4. The summed E-state index contributed by atoms with van der Waals surface area (Å²) in [6.07, 6.45) is 12.5. The molecule has 15 heteroatoms. The average Bonchev–Trinajstić information content (AvgIpc) is 3.74. The van der Waals surface area contributed by atoms with Crippen LogP contribution >= 0.6 is 0 Å². The topological polar surface area (TPSA) is 229 Å². The van der Waals surface area contributed by atoms with Crippen LogP contribution in [0.2, 0.25) is 0 Å². The molecule has 2 fully saturated rings. The summed E-state index contributed by atoms with van der Waals surface area (Å²) in [7, 11) is 0. The number of hydrogen-bond acceptors (Lipinski definition) is 13. The fraction of sp³-hybridized carbons (Fsp3) is 0.850. The first-order valence-corrected chi connectivity index (χ1v) is 20.5. The van der Waals surface area contributed by atoms with Crippen LogP contribution in [0.1, 0.15) is 155 Å². The molecule has 6 atom stereocenters. The minimum atomic E-state index is -2.01. The molecule has 2 aliphatic rings. The van der Waals surface area contributed by atoms with Crippen molar-refractivity contribution in [1.29, 1.82) is 0 Å². The van der Waals surface area contributed by atoms with E-state index in [2.05, 4.69) is 13.8 Å². The van der Waals surface area contributed by atoms with Gasteiger partial charge in [0.25, 0.3) is 0 Å². The van der Waals surface area contributed by atoms with E-state index in [1.54, 1.807) is 0 Å². The Bertz CT molecular complexity index is 1120. The van der Waals surface area contributed by atoms with Gasteiger partial charge in [-0.1, -0.05) is 117 Å². The number of aliphatic carboxylic acids is 2. The number of cyclic esters (lactones) is 2. The van der Waals surface area contributed by atoms with Gasteiger partial charge >= 0.3 is 35.8 Å². The van der Waals surface area contributed by atoms with Gasteiger partial charge in [0.15, 0.2) is 0 Å². The summed E-state index contributed by atoms with van der Waals surface area (Å²) in [6.45, 7) is 2.18. The minimum Gasteiger partial charge on any atom is -0.481 e. The second-order valence-corrected chi connectivity index (χ2v) is 15.1. The highest BCUT2D eigenvalue weighted by Gasteiger charge is 2.58. The van der Waals surface area contributed by atoms with Crippen molar-refractivity contribution < 1.29 is 72.9 Å². The van der Waals surface area contributed by atoms with E-state index in [4.69, 9.17) is 23.7 Å². The highest BCUT2D eigenvalue weighted by atomic mass is 16.6. The molecule has 55 heavy (non-hydrogen) atoms. The van der Waals surface area contributed by atoms with Gasteiger partial charge in [0.1, 0.15) is 37.3 Å². The largest absolute Gasteiger partial charge is 0.481 e. The summed E-state index contributed by atoms with van der Waals surface area (Å²) < 4.78 is 26.4. The average molecular weight is 787 g/mol. The Morgan fingerprint density at radius 1 is 0.564 bits per heavy atom. The fourth-order valence-corrected chi connectivity index (χ4v) is 7.35. The van der Waals surface area contributed by atoms with Crippen molar-refractivity contribution in [3.63, 3.8) is 0 Å². The van der Waals surface area contributed by atoms with Crippen LogP contribution in [0.25, 0.3) is 0 Å². The van der Waals surface area contributed by atoms with E-state index in [0.717, 1.165) is 77.0 Å². The Morgan fingerprint density at radius 3 is 1.18 bits per heavy atom. The third kappa shape index (κ3) is 16.0. The van der Waals surface area contributed by atoms with Crippen LogP contribution in [0.3, 0.4) is 0 Å². The number of carboxylic acids is 2. The summed E-state index contributed by atoms with van der Waals surface area (Å²) >= 11 is 0. The third-order valence-electron chi connectivity index (χ3n) is 10.5. The zero-order valence-electron chi connectivity index (χ0n) is 33.0. The smallest absolute Gasteiger partial charge is 0.351 e. The van der Waals surface area contributed by atoms with Crippen molar-refractivity contribution >= 4 is 35.8 Å². The fourth-order valence-electron chi connectivity index (χ4n) is 7.35.